The fourth-order valence-corrected chi connectivity index (χ4v) is 1.81. The molecule has 1 aromatic rings. The molecule has 7 heteroatoms. The summed E-state index contributed by atoms with van der Waals surface area (Å²) in [6.45, 7) is 5.46. The zero-order valence-corrected chi connectivity index (χ0v) is 12.8. The molecule has 0 saturated heterocycles. The van der Waals surface area contributed by atoms with E-state index in [0.717, 1.165) is 6.07 Å². The third kappa shape index (κ3) is 5.23. The van der Waals surface area contributed by atoms with E-state index in [0.29, 0.717) is 5.69 Å². The molecule has 1 aromatic carbocycles. The minimum Gasteiger partial charge on any atom is -0.450 e. The smallest absolute Gasteiger partial charge is 0.407 e. The number of hydrogen-bond acceptors (Lipinski definition) is 3. The lowest BCUT2D eigenvalue weighted by Crippen LogP contribution is -2.47. The van der Waals surface area contributed by atoms with E-state index in [2.05, 4.69) is 10.6 Å². The summed E-state index contributed by atoms with van der Waals surface area (Å²) in [7, 11) is 0. The average molecular weight is 317 g/mol. The summed E-state index contributed by atoms with van der Waals surface area (Å²) in [5.74, 6) is -1.15. The highest BCUT2D eigenvalue weighted by Gasteiger charge is 2.24. The Morgan fingerprint density at radius 2 is 2.05 bits per heavy atom. The Morgan fingerprint density at radius 1 is 1.38 bits per heavy atom. The second-order valence-electron chi connectivity index (χ2n) is 4.70. The van der Waals surface area contributed by atoms with E-state index in [1.54, 1.807) is 20.8 Å². The molecule has 21 heavy (non-hydrogen) atoms. The average Bonchev–Trinajstić information content (AvgIpc) is 2.40. The monoisotopic (exact) mass is 316 g/mol. The van der Waals surface area contributed by atoms with Crippen LogP contribution in [0.4, 0.5) is 14.9 Å². The van der Waals surface area contributed by atoms with E-state index in [-0.39, 0.29) is 17.5 Å². The standard InChI is InChI=1S/C14H18ClFN2O3/c1-4-21-14(20)18-12(8(2)3)13(19)17-9-5-6-11(16)10(15)7-9/h5-8,12H,4H2,1-3H3,(H,17,19)(H,18,20)/t12-/m1/s1. The Kier molecular flexibility index (Phi) is 6.42. The molecule has 0 aliphatic carbocycles. The first kappa shape index (κ1) is 17.2. The van der Waals surface area contributed by atoms with Gasteiger partial charge in [0.25, 0.3) is 0 Å². The molecule has 0 fully saturated rings. The van der Waals surface area contributed by atoms with Gasteiger partial charge in [-0.2, -0.15) is 0 Å². The quantitative estimate of drug-likeness (QED) is 0.876. The zero-order chi connectivity index (χ0) is 16.0. The molecular formula is C14H18ClFN2O3. The van der Waals surface area contributed by atoms with Crippen LogP contribution in [0.15, 0.2) is 18.2 Å². The summed E-state index contributed by atoms with van der Waals surface area (Å²) in [5.41, 5.74) is 0.350. The lowest BCUT2D eigenvalue weighted by molar-refractivity contribution is -0.119. The van der Waals surface area contributed by atoms with Crippen molar-refractivity contribution in [3.8, 4) is 0 Å². The van der Waals surface area contributed by atoms with Crippen LogP contribution in [0.25, 0.3) is 0 Å². The molecule has 0 radical (unpaired) electrons. The van der Waals surface area contributed by atoms with Gasteiger partial charge in [-0.05, 0) is 31.0 Å². The molecule has 0 aliphatic heterocycles. The van der Waals surface area contributed by atoms with Gasteiger partial charge in [0.1, 0.15) is 11.9 Å². The fourth-order valence-electron chi connectivity index (χ4n) is 1.63. The van der Waals surface area contributed by atoms with Crippen molar-refractivity contribution in [1.82, 2.24) is 5.32 Å². The van der Waals surface area contributed by atoms with Crippen LogP contribution in [0.5, 0.6) is 0 Å². The topological polar surface area (TPSA) is 67.4 Å². The number of rotatable bonds is 5. The largest absolute Gasteiger partial charge is 0.450 e. The van der Waals surface area contributed by atoms with Crippen molar-refractivity contribution in [2.45, 2.75) is 26.8 Å². The normalized spacial score (nSPS) is 11.9. The van der Waals surface area contributed by atoms with E-state index in [1.165, 1.54) is 12.1 Å². The predicted octanol–water partition coefficient (Wildman–Crippen LogP) is 3.19. The number of ether oxygens (including phenoxy) is 1. The van der Waals surface area contributed by atoms with Gasteiger partial charge in [-0.1, -0.05) is 25.4 Å². The van der Waals surface area contributed by atoms with Gasteiger partial charge in [-0.15, -0.1) is 0 Å². The Balaban J connectivity index is 2.76. The van der Waals surface area contributed by atoms with Gasteiger partial charge in [0.15, 0.2) is 0 Å². The van der Waals surface area contributed by atoms with Crippen molar-refractivity contribution < 1.29 is 18.7 Å². The van der Waals surface area contributed by atoms with Crippen molar-refractivity contribution in [3.63, 3.8) is 0 Å². The van der Waals surface area contributed by atoms with Gasteiger partial charge in [0.05, 0.1) is 11.6 Å². The molecule has 2 N–H and O–H groups in total. The molecule has 0 saturated carbocycles. The second-order valence-corrected chi connectivity index (χ2v) is 5.11. The van der Waals surface area contributed by atoms with Crippen LogP contribution in [-0.2, 0) is 9.53 Å². The summed E-state index contributed by atoms with van der Waals surface area (Å²) >= 11 is 5.65. The third-order valence-corrected chi connectivity index (χ3v) is 2.97. The van der Waals surface area contributed by atoms with Crippen molar-refractivity contribution in [3.05, 3.63) is 29.0 Å². The summed E-state index contributed by atoms with van der Waals surface area (Å²) in [5, 5.41) is 4.97. The van der Waals surface area contributed by atoms with E-state index < -0.39 is 23.9 Å². The number of benzene rings is 1. The highest BCUT2D eigenvalue weighted by Crippen LogP contribution is 2.19. The van der Waals surface area contributed by atoms with Crippen molar-refractivity contribution in [1.29, 1.82) is 0 Å². The van der Waals surface area contributed by atoms with Crippen molar-refractivity contribution in [2.75, 3.05) is 11.9 Å². The third-order valence-electron chi connectivity index (χ3n) is 2.69. The molecule has 0 aromatic heterocycles. The molecule has 1 rings (SSSR count). The molecule has 2 amide bonds. The maximum atomic E-state index is 13.1. The zero-order valence-electron chi connectivity index (χ0n) is 12.1. The molecule has 0 aliphatic rings. The van der Waals surface area contributed by atoms with Crippen LogP contribution in [0, 0.1) is 11.7 Å². The molecule has 116 valence electrons. The first-order valence-corrected chi connectivity index (χ1v) is 6.92. The van der Waals surface area contributed by atoms with Gasteiger partial charge < -0.3 is 15.4 Å². The van der Waals surface area contributed by atoms with E-state index in [1.807, 2.05) is 0 Å². The van der Waals surface area contributed by atoms with Gasteiger partial charge in [-0.25, -0.2) is 9.18 Å². The van der Waals surface area contributed by atoms with Crippen LogP contribution >= 0.6 is 11.6 Å². The fraction of sp³-hybridized carbons (Fsp3) is 0.429. The van der Waals surface area contributed by atoms with Crippen LogP contribution in [0.3, 0.4) is 0 Å². The first-order chi connectivity index (χ1) is 9.85. The number of carbonyl (C=O) groups is 2. The number of amides is 2. The lowest BCUT2D eigenvalue weighted by atomic mass is 10.0. The maximum Gasteiger partial charge on any atom is 0.407 e. The minimum absolute atomic E-state index is 0.0905. The molecule has 5 nitrogen and oxygen atoms in total. The van der Waals surface area contributed by atoms with Crippen LogP contribution in [-0.4, -0.2) is 24.6 Å². The van der Waals surface area contributed by atoms with Crippen LogP contribution in [0.2, 0.25) is 5.02 Å². The Bertz CT molecular complexity index is 523. The molecule has 0 heterocycles. The minimum atomic E-state index is -0.770. The lowest BCUT2D eigenvalue weighted by Gasteiger charge is -2.21. The molecule has 1 atom stereocenters. The summed E-state index contributed by atoms with van der Waals surface area (Å²) < 4.78 is 17.8. The number of hydrogen-bond donors (Lipinski definition) is 2. The van der Waals surface area contributed by atoms with Gasteiger partial charge in [0.2, 0.25) is 5.91 Å². The number of nitrogens with one attached hydrogen (secondary N) is 2. The van der Waals surface area contributed by atoms with E-state index in [4.69, 9.17) is 16.3 Å². The number of alkyl carbamates (subject to hydrolysis) is 1. The summed E-state index contributed by atoms with van der Waals surface area (Å²) in [6, 6.07) is 3.08. The summed E-state index contributed by atoms with van der Waals surface area (Å²) in [6.07, 6.45) is -0.663. The van der Waals surface area contributed by atoms with Gasteiger partial charge in [-0.3, -0.25) is 4.79 Å². The number of carbonyl (C=O) groups excluding carboxylic acids is 2. The first-order valence-electron chi connectivity index (χ1n) is 6.54. The van der Waals surface area contributed by atoms with Gasteiger partial charge in [0, 0.05) is 5.69 Å². The van der Waals surface area contributed by atoms with E-state index in [9.17, 15) is 14.0 Å². The highest BCUT2D eigenvalue weighted by molar-refractivity contribution is 6.31. The van der Waals surface area contributed by atoms with Crippen molar-refractivity contribution >= 4 is 29.3 Å². The molecule has 0 unspecified atom stereocenters. The Morgan fingerprint density at radius 3 is 2.57 bits per heavy atom. The summed E-state index contributed by atoms with van der Waals surface area (Å²) in [4.78, 5) is 23.6. The predicted molar refractivity (Wildman–Crippen MR) is 78.8 cm³/mol. The number of anilines is 1. The molecule has 0 spiro atoms. The van der Waals surface area contributed by atoms with Crippen LogP contribution in [0.1, 0.15) is 20.8 Å². The maximum absolute atomic E-state index is 13.1. The molecule has 0 bridgehead atoms. The van der Waals surface area contributed by atoms with Crippen LogP contribution < -0.4 is 10.6 Å². The highest BCUT2D eigenvalue weighted by atomic mass is 35.5. The number of halogens is 2. The SMILES string of the molecule is CCOC(=O)N[C@@H](C(=O)Nc1ccc(F)c(Cl)c1)C(C)C. The van der Waals surface area contributed by atoms with E-state index >= 15 is 0 Å². The molecular weight excluding hydrogens is 299 g/mol. The Hall–Kier alpha value is -1.82. The Labute approximate surface area is 127 Å². The van der Waals surface area contributed by atoms with Gasteiger partial charge >= 0.3 is 6.09 Å². The second kappa shape index (κ2) is 7.83. The van der Waals surface area contributed by atoms with Crippen molar-refractivity contribution in [2.24, 2.45) is 5.92 Å².